The number of nitrogens with zero attached hydrogens (tertiary/aromatic N) is 3. The average Bonchev–Trinajstić information content (AvgIpc) is 2.56. The second kappa shape index (κ2) is 4.94. The molecule has 0 atom stereocenters. The molecule has 0 aliphatic rings. The first kappa shape index (κ1) is 12.2. The van der Waals surface area contributed by atoms with Crippen LogP contribution in [0.2, 0.25) is 0 Å². The van der Waals surface area contributed by atoms with Crippen molar-refractivity contribution in [3.8, 4) is 6.07 Å². The maximum Gasteiger partial charge on any atom is 0.0992 e. The fourth-order valence-electron chi connectivity index (χ4n) is 1.49. The third kappa shape index (κ3) is 2.90. The van der Waals surface area contributed by atoms with Gasteiger partial charge in [-0.2, -0.15) is 10.4 Å². The highest BCUT2D eigenvalue weighted by molar-refractivity contribution is 9.10. The van der Waals surface area contributed by atoms with E-state index in [2.05, 4.69) is 27.1 Å². The van der Waals surface area contributed by atoms with Crippen LogP contribution in [0.4, 0.5) is 0 Å². The summed E-state index contributed by atoms with van der Waals surface area (Å²) < 4.78 is 2.75. The maximum absolute atomic E-state index is 8.91. The van der Waals surface area contributed by atoms with Gasteiger partial charge in [0.15, 0.2) is 0 Å². The lowest BCUT2D eigenvalue weighted by molar-refractivity contribution is 0.692. The Morgan fingerprint density at radius 3 is 2.71 bits per heavy atom. The first-order chi connectivity index (χ1) is 8.08. The van der Waals surface area contributed by atoms with Crippen LogP contribution in [0.5, 0.6) is 0 Å². The SMILES string of the molecule is Cc1cc(Sc2cc(Br)cc(C#N)c2)n(C)n1. The Kier molecular flexibility index (Phi) is 3.55. The van der Waals surface area contributed by atoms with Gasteiger partial charge in [-0.15, -0.1) is 0 Å². The van der Waals surface area contributed by atoms with Gasteiger partial charge in [-0.1, -0.05) is 27.7 Å². The van der Waals surface area contributed by atoms with E-state index in [9.17, 15) is 0 Å². The van der Waals surface area contributed by atoms with E-state index in [0.29, 0.717) is 5.56 Å². The molecule has 1 aromatic carbocycles. The molecule has 0 saturated carbocycles. The largest absolute Gasteiger partial charge is 0.262 e. The molecule has 0 N–H and O–H groups in total. The molecule has 0 radical (unpaired) electrons. The minimum absolute atomic E-state index is 0.653. The van der Waals surface area contributed by atoms with Crippen molar-refractivity contribution < 1.29 is 0 Å². The van der Waals surface area contributed by atoms with Gasteiger partial charge in [-0.05, 0) is 31.2 Å². The summed E-state index contributed by atoms with van der Waals surface area (Å²) in [6.07, 6.45) is 0. The topological polar surface area (TPSA) is 41.6 Å². The summed E-state index contributed by atoms with van der Waals surface area (Å²) in [5, 5.41) is 14.3. The predicted octanol–water partition coefficient (Wildman–Crippen LogP) is 3.51. The second-order valence-corrected chi connectivity index (χ2v) is 5.65. The van der Waals surface area contributed by atoms with Gasteiger partial charge >= 0.3 is 0 Å². The Labute approximate surface area is 113 Å². The summed E-state index contributed by atoms with van der Waals surface area (Å²) in [6, 6.07) is 9.84. The van der Waals surface area contributed by atoms with Crippen LogP contribution in [-0.2, 0) is 7.05 Å². The summed E-state index contributed by atoms with van der Waals surface area (Å²) in [4.78, 5) is 1.03. The molecule has 86 valence electrons. The molecule has 0 saturated heterocycles. The average molecular weight is 308 g/mol. The number of benzene rings is 1. The third-order valence-corrected chi connectivity index (χ3v) is 3.70. The molecule has 0 amide bonds. The summed E-state index contributed by atoms with van der Waals surface area (Å²) in [7, 11) is 1.92. The van der Waals surface area contributed by atoms with Gasteiger partial charge in [-0.3, -0.25) is 4.68 Å². The molecule has 1 aromatic heterocycles. The summed E-state index contributed by atoms with van der Waals surface area (Å²) >= 11 is 5.00. The van der Waals surface area contributed by atoms with Crippen molar-refractivity contribution in [3.05, 3.63) is 40.0 Å². The van der Waals surface area contributed by atoms with Crippen LogP contribution in [0.25, 0.3) is 0 Å². The first-order valence-electron chi connectivity index (χ1n) is 4.97. The Bertz CT molecular complexity index is 598. The van der Waals surface area contributed by atoms with Gasteiger partial charge in [0.1, 0.15) is 0 Å². The number of hydrogen-bond donors (Lipinski definition) is 0. The van der Waals surface area contributed by atoms with Gasteiger partial charge in [0.25, 0.3) is 0 Å². The van der Waals surface area contributed by atoms with E-state index in [1.54, 1.807) is 17.8 Å². The summed E-state index contributed by atoms with van der Waals surface area (Å²) in [5.41, 5.74) is 1.64. The van der Waals surface area contributed by atoms with Crippen LogP contribution in [-0.4, -0.2) is 9.78 Å². The Balaban J connectivity index is 2.33. The highest BCUT2D eigenvalue weighted by atomic mass is 79.9. The Morgan fingerprint density at radius 2 is 2.12 bits per heavy atom. The Morgan fingerprint density at radius 1 is 1.35 bits per heavy atom. The van der Waals surface area contributed by atoms with Crippen molar-refractivity contribution in [3.63, 3.8) is 0 Å². The van der Waals surface area contributed by atoms with Crippen molar-refractivity contribution in [1.29, 1.82) is 5.26 Å². The lowest BCUT2D eigenvalue weighted by atomic mass is 10.2. The van der Waals surface area contributed by atoms with E-state index in [1.807, 2.05) is 36.9 Å². The minimum atomic E-state index is 0.653. The van der Waals surface area contributed by atoms with Crippen LogP contribution in [0.3, 0.4) is 0 Å². The zero-order valence-electron chi connectivity index (χ0n) is 9.44. The second-order valence-electron chi connectivity index (χ2n) is 3.64. The quantitative estimate of drug-likeness (QED) is 0.852. The normalized spacial score (nSPS) is 10.2. The zero-order valence-corrected chi connectivity index (χ0v) is 11.8. The van der Waals surface area contributed by atoms with E-state index in [0.717, 1.165) is 20.1 Å². The standard InChI is InChI=1S/C12H10BrN3S/c1-8-3-12(16(2)15-8)17-11-5-9(7-14)4-10(13)6-11/h3-6H,1-2H3. The van der Waals surface area contributed by atoms with Crippen LogP contribution < -0.4 is 0 Å². The monoisotopic (exact) mass is 307 g/mol. The first-order valence-corrected chi connectivity index (χ1v) is 6.58. The highest BCUT2D eigenvalue weighted by Crippen LogP contribution is 2.30. The van der Waals surface area contributed by atoms with Crippen molar-refractivity contribution in [2.24, 2.45) is 7.05 Å². The molecular weight excluding hydrogens is 298 g/mol. The number of nitriles is 1. The molecule has 17 heavy (non-hydrogen) atoms. The highest BCUT2D eigenvalue weighted by Gasteiger charge is 2.06. The van der Waals surface area contributed by atoms with E-state index in [4.69, 9.17) is 5.26 Å². The fourth-order valence-corrected chi connectivity index (χ4v) is 3.15. The van der Waals surface area contributed by atoms with E-state index < -0.39 is 0 Å². The predicted molar refractivity (Wildman–Crippen MR) is 70.9 cm³/mol. The molecule has 0 bridgehead atoms. The van der Waals surface area contributed by atoms with Crippen LogP contribution in [0, 0.1) is 18.3 Å². The number of aromatic nitrogens is 2. The van der Waals surface area contributed by atoms with Crippen molar-refractivity contribution in [2.75, 3.05) is 0 Å². The molecule has 2 rings (SSSR count). The molecule has 0 spiro atoms. The summed E-state index contributed by atoms with van der Waals surface area (Å²) in [5.74, 6) is 0. The van der Waals surface area contributed by atoms with Crippen LogP contribution >= 0.6 is 27.7 Å². The molecule has 5 heteroatoms. The minimum Gasteiger partial charge on any atom is -0.262 e. The fraction of sp³-hybridized carbons (Fsp3) is 0.167. The third-order valence-electron chi connectivity index (χ3n) is 2.18. The number of halogens is 1. The molecule has 3 nitrogen and oxygen atoms in total. The Hall–Kier alpha value is -1.25. The molecule has 0 unspecified atom stereocenters. The molecular formula is C12H10BrN3S. The van der Waals surface area contributed by atoms with E-state index in [1.165, 1.54) is 0 Å². The lowest BCUT2D eigenvalue weighted by Gasteiger charge is -2.03. The van der Waals surface area contributed by atoms with Gasteiger partial charge < -0.3 is 0 Å². The zero-order chi connectivity index (χ0) is 12.4. The number of rotatable bonds is 2. The molecule has 0 aliphatic heterocycles. The van der Waals surface area contributed by atoms with Crippen molar-refractivity contribution in [1.82, 2.24) is 9.78 Å². The maximum atomic E-state index is 8.91. The molecule has 0 aliphatic carbocycles. The molecule has 0 fully saturated rings. The molecule has 2 aromatic rings. The van der Waals surface area contributed by atoms with Crippen LogP contribution in [0.15, 0.2) is 38.7 Å². The molecule has 1 heterocycles. The van der Waals surface area contributed by atoms with Gasteiger partial charge in [0.05, 0.1) is 22.4 Å². The lowest BCUT2D eigenvalue weighted by Crippen LogP contribution is -1.92. The summed E-state index contributed by atoms with van der Waals surface area (Å²) in [6.45, 7) is 1.96. The van der Waals surface area contributed by atoms with Gasteiger partial charge in [-0.25, -0.2) is 0 Å². The smallest absolute Gasteiger partial charge is 0.0992 e. The van der Waals surface area contributed by atoms with Gasteiger partial charge in [0, 0.05) is 16.4 Å². The van der Waals surface area contributed by atoms with Crippen molar-refractivity contribution >= 4 is 27.7 Å². The number of hydrogen-bond acceptors (Lipinski definition) is 3. The van der Waals surface area contributed by atoms with Crippen LogP contribution in [0.1, 0.15) is 11.3 Å². The van der Waals surface area contributed by atoms with Crippen molar-refractivity contribution in [2.45, 2.75) is 16.8 Å². The number of aryl methyl sites for hydroxylation is 2. The van der Waals surface area contributed by atoms with E-state index >= 15 is 0 Å². The van der Waals surface area contributed by atoms with Gasteiger partial charge in [0.2, 0.25) is 0 Å². The van der Waals surface area contributed by atoms with E-state index in [-0.39, 0.29) is 0 Å².